The summed E-state index contributed by atoms with van der Waals surface area (Å²) >= 11 is 0. The summed E-state index contributed by atoms with van der Waals surface area (Å²) in [6.45, 7) is 8.68. The number of rotatable bonds is 3. The van der Waals surface area contributed by atoms with Crippen LogP contribution in [0.25, 0.3) is 0 Å². The van der Waals surface area contributed by atoms with E-state index in [4.69, 9.17) is 8.94 Å². The van der Waals surface area contributed by atoms with Crippen molar-refractivity contribution in [2.75, 3.05) is 6.54 Å². The van der Waals surface area contributed by atoms with Crippen molar-refractivity contribution in [2.45, 2.75) is 53.0 Å². The average molecular weight is 316 g/mol. The number of hydrogen-bond donors (Lipinski definition) is 0. The van der Waals surface area contributed by atoms with E-state index in [1.807, 2.05) is 37.8 Å². The smallest absolute Gasteiger partial charge is 0.227 e. The fourth-order valence-corrected chi connectivity index (χ4v) is 3.35. The van der Waals surface area contributed by atoms with Crippen LogP contribution in [0.4, 0.5) is 0 Å². The Labute approximate surface area is 136 Å². The van der Waals surface area contributed by atoms with Crippen LogP contribution in [-0.2, 0) is 11.2 Å². The summed E-state index contributed by atoms with van der Waals surface area (Å²) in [6, 6.07) is 3.99. The van der Waals surface area contributed by atoms with Crippen LogP contribution in [-0.4, -0.2) is 22.5 Å². The Morgan fingerprint density at radius 1 is 1.35 bits per heavy atom. The topological polar surface area (TPSA) is 59.5 Å². The number of aromatic nitrogens is 1. The molecule has 1 aliphatic rings. The lowest BCUT2D eigenvalue weighted by Gasteiger charge is -2.37. The van der Waals surface area contributed by atoms with Gasteiger partial charge in [-0.05, 0) is 51.7 Å². The molecule has 3 heterocycles. The summed E-state index contributed by atoms with van der Waals surface area (Å²) in [5.41, 5.74) is 1.70. The summed E-state index contributed by atoms with van der Waals surface area (Å²) in [7, 11) is 0. The number of aryl methyl sites for hydroxylation is 3. The number of carbonyl (C=O) groups excluding carboxylic acids is 1. The van der Waals surface area contributed by atoms with Gasteiger partial charge >= 0.3 is 0 Å². The van der Waals surface area contributed by atoms with Crippen LogP contribution in [0.3, 0.4) is 0 Å². The Morgan fingerprint density at radius 3 is 2.74 bits per heavy atom. The highest BCUT2D eigenvalue weighted by Gasteiger charge is 2.33. The predicted octanol–water partition coefficient (Wildman–Crippen LogP) is 3.74. The van der Waals surface area contributed by atoms with Gasteiger partial charge in [0.1, 0.15) is 17.3 Å². The molecule has 23 heavy (non-hydrogen) atoms. The third kappa shape index (κ3) is 3.19. The Balaban J connectivity index is 1.82. The quantitative estimate of drug-likeness (QED) is 0.865. The second kappa shape index (κ2) is 6.22. The number of carbonyl (C=O) groups is 1. The number of nitrogens with zero attached hydrogens (tertiary/aromatic N) is 2. The molecule has 2 aromatic rings. The van der Waals surface area contributed by atoms with Crippen LogP contribution in [0.1, 0.15) is 54.3 Å². The minimum Gasteiger partial charge on any atom is -0.464 e. The highest BCUT2D eigenvalue weighted by atomic mass is 16.5. The van der Waals surface area contributed by atoms with E-state index in [-0.39, 0.29) is 11.9 Å². The van der Waals surface area contributed by atoms with Crippen LogP contribution in [0.5, 0.6) is 0 Å². The molecule has 0 saturated carbocycles. The van der Waals surface area contributed by atoms with E-state index in [9.17, 15) is 4.79 Å². The first-order valence-corrected chi connectivity index (χ1v) is 8.23. The average Bonchev–Trinajstić information content (AvgIpc) is 3.07. The van der Waals surface area contributed by atoms with Gasteiger partial charge in [0.15, 0.2) is 0 Å². The van der Waals surface area contributed by atoms with E-state index in [1.54, 1.807) is 0 Å². The normalized spacial score (nSPS) is 21.7. The molecule has 5 heteroatoms. The molecule has 0 spiro atoms. The SMILES string of the molecule is Cc1ccc([C@@H]2C[C@@H](C)CCN2C(=O)Cc2c(C)noc2C)o1. The first-order valence-electron chi connectivity index (χ1n) is 8.23. The molecule has 0 N–H and O–H groups in total. The maximum absolute atomic E-state index is 12.9. The van der Waals surface area contributed by atoms with Gasteiger partial charge in [0.05, 0.1) is 18.2 Å². The van der Waals surface area contributed by atoms with E-state index in [1.165, 1.54) is 0 Å². The second-order valence-corrected chi connectivity index (χ2v) is 6.66. The molecule has 0 aromatic carbocycles. The zero-order chi connectivity index (χ0) is 16.6. The van der Waals surface area contributed by atoms with Crippen LogP contribution in [0.2, 0.25) is 0 Å². The fourth-order valence-electron chi connectivity index (χ4n) is 3.35. The summed E-state index contributed by atoms with van der Waals surface area (Å²) < 4.78 is 11.0. The van der Waals surface area contributed by atoms with Crippen LogP contribution >= 0.6 is 0 Å². The third-order valence-corrected chi connectivity index (χ3v) is 4.78. The van der Waals surface area contributed by atoms with Crippen molar-refractivity contribution < 1.29 is 13.7 Å². The molecule has 1 saturated heterocycles. The lowest BCUT2D eigenvalue weighted by molar-refractivity contribution is -0.135. The van der Waals surface area contributed by atoms with Crippen molar-refractivity contribution in [3.8, 4) is 0 Å². The van der Waals surface area contributed by atoms with Crippen molar-refractivity contribution in [3.63, 3.8) is 0 Å². The molecule has 124 valence electrons. The van der Waals surface area contributed by atoms with Gasteiger partial charge in [-0.2, -0.15) is 0 Å². The molecule has 0 radical (unpaired) electrons. The van der Waals surface area contributed by atoms with E-state index < -0.39 is 0 Å². The van der Waals surface area contributed by atoms with E-state index >= 15 is 0 Å². The zero-order valence-electron chi connectivity index (χ0n) is 14.3. The number of likely N-dealkylation sites (tertiary alicyclic amines) is 1. The van der Waals surface area contributed by atoms with Gasteiger partial charge in [-0.3, -0.25) is 4.79 Å². The van der Waals surface area contributed by atoms with Crippen molar-refractivity contribution in [1.29, 1.82) is 0 Å². The zero-order valence-corrected chi connectivity index (χ0v) is 14.3. The maximum Gasteiger partial charge on any atom is 0.227 e. The van der Waals surface area contributed by atoms with Gasteiger partial charge in [0.2, 0.25) is 5.91 Å². The lowest BCUT2D eigenvalue weighted by Crippen LogP contribution is -2.41. The van der Waals surface area contributed by atoms with Crippen molar-refractivity contribution in [1.82, 2.24) is 10.1 Å². The largest absolute Gasteiger partial charge is 0.464 e. The van der Waals surface area contributed by atoms with Crippen molar-refractivity contribution in [3.05, 3.63) is 40.7 Å². The number of piperidine rings is 1. The van der Waals surface area contributed by atoms with Crippen molar-refractivity contribution >= 4 is 5.91 Å². The monoisotopic (exact) mass is 316 g/mol. The van der Waals surface area contributed by atoms with Gasteiger partial charge in [0.25, 0.3) is 0 Å². The number of hydrogen-bond acceptors (Lipinski definition) is 4. The number of furan rings is 1. The maximum atomic E-state index is 12.9. The molecule has 1 amide bonds. The first-order chi connectivity index (χ1) is 11.0. The molecule has 0 unspecified atom stereocenters. The molecular formula is C18H24N2O3. The van der Waals surface area contributed by atoms with Gasteiger partial charge in [0, 0.05) is 12.1 Å². The Bertz CT molecular complexity index is 681. The minimum absolute atomic E-state index is 0.0282. The standard InChI is InChI=1S/C18H24N2O3/c1-11-7-8-20(16(9-11)17-6-5-12(2)22-17)18(21)10-15-13(3)19-23-14(15)4/h5-6,11,16H,7-10H2,1-4H3/t11-,16-/m0/s1. The molecule has 1 aliphatic heterocycles. The van der Waals surface area contributed by atoms with Gasteiger partial charge in [-0.1, -0.05) is 12.1 Å². The Kier molecular flexibility index (Phi) is 4.28. The van der Waals surface area contributed by atoms with Crippen LogP contribution < -0.4 is 0 Å². The molecule has 2 aromatic heterocycles. The molecule has 3 rings (SSSR count). The summed E-state index contributed by atoms with van der Waals surface area (Å²) in [4.78, 5) is 14.8. The highest BCUT2D eigenvalue weighted by Crippen LogP contribution is 2.35. The minimum atomic E-state index is 0.0282. The third-order valence-electron chi connectivity index (χ3n) is 4.78. The second-order valence-electron chi connectivity index (χ2n) is 6.66. The van der Waals surface area contributed by atoms with Crippen LogP contribution in [0, 0.1) is 26.7 Å². The van der Waals surface area contributed by atoms with E-state index in [0.29, 0.717) is 12.3 Å². The molecule has 0 bridgehead atoms. The molecule has 1 fully saturated rings. The summed E-state index contributed by atoms with van der Waals surface area (Å²) in [5.74, 6) is 3.21. The van der Waals surface area contributed by atoms with Gasteiger partial charge in [-0.15, -0.1) is 0 Å². The molecular weight excluding hydrogens is 292 g/mol. The summed E-state index contributed by atoms with van der Waals surface area (Å²) in [5, 5.41) is 3.94. The lowest BCUT2D eigenvalue weighted by atomic mass is 9.90. The van der Waals surface area contributed by atoms with Gasteiger partial charge in [-0.25, -0.2) is 0 Å². The predicted molar refractivity (Wildman–Crippen MR) is 86.0 cm³/mol. The fraction of sp³-hybridized carbons (Fsp3) is 0.556. The van der Waals surface area contributed by atoms with E-state index in [2.05, 4.69) is 12.1 Å². The number of amides is 1. The van der Waals surface area contributed by atoms with Crippen LogP contribution in [0.15, 0.2) is 21.1 Å². The molecule has 0 aliphatic carbocycles. The molecule has 5 nitrogen and oxygen atoms in total. The highest BCUT2D eigenvalue weighted by molar-refractivity contribution is 5.79. The Morgan fingerprint density at radius 2 is 2.13 bits per heavy atom. The van der Waals surface area contributed by atoms with Gasteiger partial charge < -0.3 is 13.8 Å². The first kappa shape index (κ1) is 15.8. The van der Waals surface area contributed by atoms with E-state index in [0.717, 1.165) is 47.9 Å². The van der Waals surface area contributed by atoms with Crippen molar-refractivity contribution in [2.24, 2.45) is 5.92 Å². The molecule has 2 atom stereocenters. The summed E-state index contributed by atoms with van der Waals surface area (Å²) in [6.07, 6.45) is 2.32. The Hall–Kier alpha value is -2.04.